The summed E-state index contributed by atoms with van der Waals surface area (Å²) in [6.45, 7) is 7.68. The quantitative estimate of drug-likeness (QED) is 0.777. The van der Waals surface area contributed by atoms with Crippen LogP contribution in [0.25, 0.3) is 0 Å². The average Bonchev–Trinajstić information content (AvgIpc) is 2.47. The van der Waals surface area contributed by atoms with Gasteiger partial charge < -0.3 is 10.1 Å². The molecule has 112 valence electrons. The summed E-state index contributed by atoms with van der Waals surface area (Å²) in [5.41, 5.74) is 3.05. The number of benzene rings is 1. The molecule has 0 radical (unpaired) electrons. The molecule has 0 aromatic heterocycles. The van der Waals surface area contributed by atoms with Gasteiger partial charge in [0.05, 0.1) is 5.60 Å². The van der Waals surface area contributed by atoms with E-state index in [1.54, 1.807) is 5.56 Å². The maximum Gasteiger partial charge on any atom is 0.0825 e. The van der Waals surface area contributed by atoms with Crippen molar-refractivity contribution in [3.63, 3.8) is 0 Å². The molecule has 1 N–H and O–H groups in total. The van der Waals surface area contributed by atoms with Crippen LogP contribution in [0.1, 0.15) is 57.1 Å². The summed E-state index contributed by atoms with van der Waals surface area (Å²) in [5, 5.41) is 3.68. The van der Waals surface area contributed by atoms with E-state index in [0.717, 1.165) is 19.4 Å². The number of hydrogen-bond donors (Lipinski definition) is 1. The third kappa shape index (κ3) is 2.77. The molecule has 0 bridgehead atoms. The fourth-order valence-electron chi connectivity index (χ4n) is 3.76. The van der Waals surface area contributed by atoms with Crippen molar-refractivity contribution in [2.24, 2.45) is 0 Å². The van der Waals surface area contributed by atoms with Crippen molar-refractivity contribution < 1.29 is 4.74 Å². The van der Waals surface area contributed by atoms with Gasteiger partial charge in [-0.05, 0) is 49.3 Å². The van der Waals surface area contributed by atoms with Crippen molar-refractivity contribution in [1.82, 2.24) is 5.32 Å². The Balaban J connectivity index is 2.11. The van der Waals surface area contributed by atoms with Crippen molar-refractivity contribution in [2.45, 2.75) is 64.0 Å². The second-order valence-electron chi connectivity index (χ2n) is 5.92. The van der Waals surface area contributed by atoms with Gasteiger partial charge in [-0.1, -0.05) is 45.0 Å². The minimum Gasteiger partial charge on any atom is -0.377 e. The van der Waals surface area contributed by atoms with Crippen molar-refractivity contribution in [2.75, 3.05) is 13.7 Å². The Kier molecular flexibility index (Phi) is 5.22. The smallest absolute Gasteiger partial charge is 0.0825 e. The minimum absolute atomic E-state index is 0.0272. The molecule has 2 nitrogen and oxygen atoms in total. The van der Waals surface area contributed by atoms with Crippen LogP contribution in [0.2, 0.25) is 0 Å². The number of fused-ring (bicyclic) bond motifs is 1. The molecule has 0 amide bonds. The topological polar surface area (TPSA) is 21.3 Å². The van der Waals surface area contributed by atoms with Gasteiger partial charge >= 0.3 is 0 Å². The molecule has 0 aliphatic heterocycles. The van der Waals surface area contributed by atoms with E-state index in [-0.39, 0.29) is 5.60 Å². The van der Waals surface area contributed by atoms with Crippen LogP contribution >= 0.6 is 0 Å². The first-order valence-corrected chi connectivity index (χ1v) is 8.07. The van der Waals surface area contributed by atoms with E-state index in [2.05, 4.69) is 50.4 Å². The zero-order valence-electron chi connectivity index (χ0n) is 13.4. The summed E-state index contributed by atoms with van der Waals surface area (Å²) in [7, 11) is 1.87. The maximum atomic E-state index is 5.95. The van der Waals surface area contributed by atoms with Crippen LogP contribution in [-0.4, -0.2) is 25.3 Å². The van der Waals surface area contributed by atoms with Crippen LogP contribution in [0.5, 0.6) is 0 Å². The van der Waals surface area contributed by atoms with Gasteiger partial charge in [-0.25, -0.2) is 0 Å². The van der Waals surface area contributed by atoms with Gasteiger partial charge in [0.2, 0.25) is 0 Å². The van der Waals surface area contributed by atoms with Crippen LogP contribution in [0.15, 0.2) is 24.3 Å². The Labute approximate surface area is 123 Å². The predicted molar refractivity (Wildman–Crippen MR) is 85.3 cm³/mol. The molecule has 2 heteroatoms. The lowest BCUT2D eigenvalue weighted by Crippen LogP contribution is -2.52. The molecular weight excluding hydrogens is 246 g/mol. The number of methoxy groups -OCH3 is 1. The molecule has 0 heterocycles. The molecule has 2 atom stereocenters. The third-order valence-electron chi connectivity index (χ3n) is 5.17. The van der Waals surface area contributed by atoms with E-state index in [1.165, 1.54) is 18.4 Å². The standard InChI is InChI=1S/C18H29NO/c1-5-18(6-2,20-4)17(19-7-3)13-15-12-14-10-8-9-11-16(14)15/h8-11,15,17,19H,5-7,12-13H2,1-4H3. The maximum absolute atomic E-state index is 5.95. The van der Waals surface area contributed by atoms with Crippen LogP contribution in [0.3, 0.4) is 0 Å². The number of rotatable bonds is 8. The summed E-state index contributed by atoms with van der Waals surface area (Å²) in [6.07, 6.45) is 4.53. The molecule has 0 fully saturated rings. The van der Waals surface area contributed by atoms with Gasteiger partial charge in [0, 0.05) is 13.2 Å². The second kappa shape index (κ2) is 6.73. The molecule has 1 aromatic rings. The van der Waals surface area contributed by atoms with Gasteiger partial charge in [0.1, 0.15) is 0 Å². The normalized spacial score (nSPS) is 19.3. The Morgan fingerprint density at radius 1 is 1.25 bits per heavy atom. The molecule has 1 aliphatic carbocycles. The molecule has 0 spiro atoms. The molecule has 0 saturated carbocycles. The highest BCUT2D eigenvalue weighted by Gasteiger charge is 2.39. The largest absolute Gasteiger partial charge is 0.377 e. The second-order valence-corrected chi connectivity index (χ2v) is 5.92. The molecule has 20 heavy (non-hydrogen) atoms. The lowest BCUT2D eigenvalue weighted by Gasteiger charge is -2.42. The zero-order chi connectivity index (χ0) is 14.6. The lowest BCUT2D eigenvalue weighted by molar-refractivity contribution is -0.0510. The molecule has 1 aliphatic rings. The highest BCUT2D eigenvalue weighted by Crippen LogP contribution is 2.40. The van der Waals surface area contributed by atoms with Crippen molar-refractivity contribution in [3.8, 4) is 0 Å². The van der Waals surface area contributed by atoms with Crippen LogP contribution in [0.4, 0.5) is 0 Å². The fraction of sp³-hybridized carbons (Fsp3) is 0.667. The Hall–Kier alpha value is -0.860. The van der Waals surface area contributed by atoms with E-state index < -0.39 is 0 Å². The zero-order valence-corrected chi connectivity index (χ0v) is 13.4. The monoisotopic (exact) mass is 275 g/mol. The van der Waals surface area contributed by atoms with E-state index in [9.17, 15) is 0 Å². The lowest BCUT2D eigenvalue weighted by atomic mass is 9.71. The summed E-state index contributed by atoms with van der Waals surface area (Å²) in [5.74, 6) is 0.697. The van der Waals surface area contributed by atoms with Gasteiger partial charge in [-0.3, -0.25) is 0 Å². The Bertz CT molecular complexity index is 417. The van der Waals surface area contributed by atoms with Crippen LogP contribution in [-0.2, 0) is 11.2 Å². The highest BCUT2D eigenvalue weighted by atomic mass is 16.5. The summed E-state index contributed by atoms with van der Waals surface area (Å²) in [4.78, 5) is 0. The SMILES string of the molecule is CCNC(CC1Cc2ccccc21)C(CC)(CC)OC. The summed E-state index contributed by atoms with van der Waals surface area (Å²) in [6, 6.07) is 9.30. The third-order valence-corrected chi connectivity index (χ3v) is 5.17. The first kappa shape index (κ1) is 15.5. The van der Waals surface area contributed by atoms with Gasteiger partial charge in [0.15, 0.2) is 0 Å². The van der Waals surface area contributed by atoms with Crippen molar-refractivity contribution in [3.05, 3.63) is 35.4 Å². The van der Waals surface area contributed by atoms with Gasteiger partial charge in [0.25, 0.3) is 0 Å². The first-order chi connectivity index (χ1) is 9.70. The Morgan fingerprint density at radius 2 is 1.95 bits per heavy atom. The summed E-state index contributed by atoms with van der Waals surface area (Å²) >= 11 is 0. The number of ether oxygens (including phenoxy) is 1. The average molecular weight is 275 g/mol. The molecule has 1 aromatic carbocycles. The van der Waals surface area contributed by atoms with Crippen molar-refractivity contribution >= 4 is 0 Å². The van der Waals surface area contributed by atoms with E-state index in [1.807, 2.05) is 7.11 Å². The van der Waals surface area contributed by atoms with Crippen LogP contribution in [0, 0.1) is 0 Å². The molecule has 2 unspecified atom stereocenters. The molecular formula is C18H29NO. The number of hydrogen-bond acceptors (Lipinski definition) is 2. The van der Waals surface area contributed by atoms with E-state index in [0.29, 0.717) is 12.0 Å². The highest BCUT2D eigenvalue weighted by molar-refractivity contribution is 5.40. The fourth-order valence-corrected chi connectivity index (χ4v) is 3.76. The Morgan fingerprint density at radius 3 is 2.50 bits per heavy atom. The predicted octanol–water partition coefficient (Wildman–Crippen LogP) is 3.90. The molecule has 2 rings (SSSR count). The number of nitrogens with one attached hydrogen (secondary N) is 1. The van der Waals surface area contributed by atoms with Gasteiger partial charge in [-0.15, -0.1) is 0 Å². The van der Waals surface area contributed by atoms with E-state index in [4.69, 9.17) is 4.74 Å². The number of likely N-dealkylation sites (N-methyl/N-ethyl adjacent to an activating group) is 1. The van der Waals surface area contributed by atoms with Crippen molar-refractivity contribution in [1.29, 1.82) is 0 Å². The summed E-state index contributed by atoms with van der Waals surface area (Å²) < 4.78 is 5.95. The van der Waals surface area contributed by atoms with Gasteiger partial charge in [-0.2, -0.15) is 0 Å². The minimum atomic E-state index is -0.0272. The molecule has 0 saturated heterocycles. The van der Waals surface area contributed by atoms with E-state index >= 15 is 0 Å². The van der Waals surface area contributed by atoms with Crippen LogP contribution < -0.4 is 5.32 Å². The first-order valence-electron chi connectivity index (χ1n) is 8.07.